The van der Waals surface area contributed by atoms with Gasteiger partial charge in [0.15, 0.2) is 6.61 Å². The molecular formula is C10H17F3N2O3. The molecule has 2 N–H and O–H groups in total. The minimum Gasteiger partial charge on any atom is -0.379 e. The third kappa shape index (κ3) is 5.19. The van der Waals surface area contributed by atoms with Crippen LogP contribution in [0.5, 0.6) is 0 Å². The van der Waals surface area contributed by atoms with Gasteiger partial charge in [-0.05, 0) is 13.0 Å². The summed E-state index contributed by atoms with van der Waals surface area (Å²) in [7, 11) is 0. The molecule has 106 valence electrons. The highest BCUT2D eigenvalue weighted by atomic mass is 19.4. The van der Waals surface area contributed by atoms with Crippen molar-refractivity contribution in [2.24, 2.45) is 5.92 Å². The van der Waals surface area contributed by atoms with Crippen molar-refractivity contribution in [1.29, 1.82) is 0 Å². The fourth-order valence-corrected chi connectivity index (χ4v) is 1.61. The lowest BCUT2D eigenvalue weighted by atomic mass is 10.0. The number of carbonyl (C=O) groups is 1. The molecule has 1 rings (SSSR count). The number of halogens is 3. The summed E-state index contributed by atoms with van der Waals surface area (Å²) in [6.45, 7) is 1.75. The van der Waals surface area contributed by atoms with Crippen LogP contribution in [-0.4, -0.2) is 44.5 Å². The Morgan fingerprint density at radius 1 is 1.44 bits per heavy atom. The second-order valence-corrected chi connectivity index (χ2v) is 4.07. The number of carbonyl (C=O) groups excluding carboxylic acids is 1. The maximum absolute atomic E-state index is 11.8. The van der Waals surface area contributed by atoms with E-state index in [1.807, 2.05) is 12.4 Å². The Kier molecular flexibility index (Phi) is 5.83. The second kappa shape index (κ2) is 6.91. The average molecular weight is 270 g/mol. The van der Waals surface area contributed by atoms with Crippen LogP contribution in [0.4, 0.5) is 13.2 Å². The average Bonchev–Trinajstić information content (AvgIpc) is 2.72. The molecule has 0 aromatic carbocycles. The smallest absolute Gasteiger partial charge is 0.379 e. The van der Waals surface area contributed by atoms with Gasteiger partial charge in [0.25, 0.3) is 5.91 Å². The molecule has 0 bridgehead atoms. The molecule has 0 aromatic heterocycles. The standard InChI is InChI=1S/C10H17F3N2O3/c1-2-3-14-8-5-17-4-7(8)9(16)15-18-6-10(11,12)13/h7-8,14H,2-6H2,1H3,(H,15,16). The maximum Gasteiger partial charge on any atom is 0.414 e. The molecule has 0 spiro atoms. The van der Waals surface area contributed by atoms with Crippen LogP contribution in [0.3, 0.4) is 0 Å². The highest BCUT2D eigenvalue weighted by molar-refractivity contribution is 5.78. The summed E-state index contributed by atoms with van der Waals surface area (Å²) >= 11 is 0. The molecule has 1 fully saturated rings. The predicted octanol–water partition coefficient (Wildman–Crippen LogP) is 0.611. The van der Waals surface area contributed by atoms with Gasteiger partial charge in [0.2, 0.25) is 0 Å². The molecular weight excluding hydrogens is 253 g/mol. The van der Waals surface area contributed by atoms with Crippen LogP contribution < -0.4 is 10.8 Å². The van der Waals surface area contributed by atoms with Crippen molar-refractivity contribution in [2.45, 2.75) is 25.6 Å². The number of alkyl halides is 3. The zero-order valence-electron chi connectivity index (χ0n) is 10.0. The first-order valence-corrected chi connectivity index (χ1v) is 5.73. The van der Waals surface area contributed by atoms with E-state index in [4.69, 9.17) is 4.74 Å². The van der Waals surface area contributed by atoms with Crippen LogP contribution in [0, 0.1) is 5.92 Å². The van der Waals surface area contributed by atoms with Gasteiger partial charge in [-0.25, -0.2) is 5.48 Å². The third-order valence-corrected chi connectivity index (χ3v) is 2.48. The summed E-state index contributed by atoms with van der Waals surface area (Å²) in [5.74, 6) is -1.12. The van der Waals surface area contributed by atoms with E-state index in [0.29, 0.717) is 6.61 Å². The molecule has 8 heteroatoms. The largest absolute Gasteiger partial charge is 0.414 e. The Labute approximate surface area is 103 Å². The van der Waals surface area contributed by atoms with Crippen molar-refractivity contribution in [3.8, 4) is 0 Å². The lowest BCUT2D eigenvalue weighted by Crippen LogP contribution is -2.44. The van der Waals surface area contributed by atoms with E-state index in [9.17, 15) is 18.0 Å². The van der Waals surface area contributed by atoms with E-state index in [1.54, 1.807) is 0 Å². The molecule has 0 aromatic rings. The van der Waals surface area contributed by atoms with Crippen molar-refractivity contribution >= 4 is 5.91 Å². The van der Waals surface area contributed by atoms with Crippen LogP contribution in [0.15, 0.2) is 0 Å². The van der Waals surface area contributed by atoms with E-state index in [-0.39, 0.29) is 12.6 Å². The first-order chi connectivity index (χ1) is 8.44. The molecule has 18 heavy (non-hydrogen) atoms. The van der Waals surface area contributed by atoms with Gasteiger partial charge < -0.3 is 10.1 Å². The summed E-state index contributed by atoms with van der Waals surface area (Å²) in [5.41, 5.74) is 1.81. The Hall–Kier alpha value is -0.860. The quantitative estimate of drug-likeness (QED) is 0.694. The van der Waals surface area contributed by atoms with Crippen molar-refractivity contribution in [1.82, 2.24) is 10.8 Å². The molecule has 1 amide bonds. The summed E-state index contributed by atoms with van der Waals surface area (Å²) in [6.07, 6.45) is -3.56. The number of hydroxylamine groups is 1. The number of hydrogen-bond donors (Lipinski definition) is 2. The topological polar surface area (TPSA) is 59.6 Å². The van der Waals surface area contributed by atoms with Gasteiger partial charge in [-0.3, -0.25) is 9.63 Å². The fourth-order valence-electron chi connectivity index (χ4n) is 1.61. The summed E-state index contributed by atoms with van der Waals surface area (Å²) in [5, 5.41) is 3.11. The number of ether oxygens (including phenoxy) is 1. The van der Waals surface area contributed by atoms with Crippen molar-refractivity contribution in [3.63, 3.8) is 0 Å². The zero-order valence-corrected chi connectivity index (χ0v) is 10.0. The lowest BCUT2D eigenvalue weighted by Gasteiger charge is -2.18. The first kappa shape index (κ1) is 15.2. The van der Waals surface area contributed by atoms with Gasteiger partial charge in [-0.1, -0.05) is 6.92 Å². The van der Waals surface area contributed by atoms with E-state index in [1.165, 1.54) is 0 Å². The lowest BCUT2D eigenvalue weighted by molar-refractivity contribution is -0.192. The van der Waals surface area contributed by atoms with Gasteiger partial charge in [0.05, 0.1) is 19.1 Å². The molecule has 5 nitrogen and oxygen atoms in total. The zero-order chi connectivity index (χ0) is 13.6. The normalized spacial score (nSPS) is 24.2. The first-order valence-electron chi connectivity index (χ1n) is 5.73. The van der Waals surface area contributed by atoms with Gasteiger partial charge in [0.1, 0.15) is 0 Å². The number of hydrogen-bond acceptors (Lipinski definition) is 4. The van der Waals surface area contributed by atoms with Crippen molar-refractivity contribution < 1.29 is 27.5 Å². The number of nitrogens with one attached hydrogen (secondary N) is 2. The minimum atomic E-state index is -4.46. The summed E-state index contributed by atoms with van der Waals surface area (Å²) in [4.78, 5) is 15.7. The van der Waals surface area contributed by atoms with E-state index in [0.717, 1.165) is 13.0 Å². The van der Waals surface area contributed by atoms with Crippen molar-refractivity contribution in [2.75, 3.05) is 26.4 Å². The molecule has 0 radical (unpaired) electrons. The molecule has 1 heterocycles. The minimum absolute atomic E-state index is 0.181. The predicted molar refractivity (Wildman–Crippen MR) is 56.5 cm³/mol. The van der Waals surface area contributed by atoms with E-state index < -0.39 is 24.6 Å². The Balaban J connectivity index is 2.31. The Bertz CT molecular complexity index is 274. The fraction of sp³-hybridized carbons (Fsp3) is 0.900. The van der Waals surface area contributed by atoms with Crippen LogP contribution in [0.25, 0.3) is 0 Å². The number of rotatable bonds is 6. The highest BCUT2D eigenvalue weighted by Crippen LogP contribution is 2.16. The van der Waals surface area contributed by atoms with Gasteiger partial charge in [-0.15, -0.1) is 0 Å². The highest BCUT2D eigenvalue weighted by Gasteiger charge is 2.34. The Morgan fingerprint density at radius 2 is 2.17 bits per heavy atom. The second-order valence-electron chi connectivity index (χ2n) is 4.07. The third-order valence-electron chi connectivity index (χ3n) is 2.48. The van der Waals surface area contributed by atoms with E-state index >= 15 is 0 Å². The summed E-state index contributed by atoms with van der Waals surface area (Å²) < 4.78 is 40.6. The van der Waals surface area contributed by atoms with Gasteiger partial charge in [0, 0.05) is 6.04 Å². The molecule has 1 aliphatic heterocycles. The van der Waals surface area contributed by atoms with Crippen LogP contribution >= 0.6 is 0 Å². The van der Waals surface area contributed by atoms with Crippen LogP contribution in [0.1, 0.15) is 13.3 Å². The molecule has 1 saturated heterocycles. The SMILES string of the molecule is CCCNC1COCC1C(=O)NOCC(F)(F)F. The number of amides is 1. The van der Waals surface area contributed by atoms with Crippen molar-refractivity contribution in [3.05, 3.63) is 0 Å². The van der Waals surface area contributed by atoms with Gasteiger partial charge in [-0.2, -0.15) is 13.2 Å². The van der Waals surface area contributed by atoms with E-state index in [2.05, 4.69) is 10.2 Å². The molecule has 1 aliphatic rings. The molecule has 2 atom stereocenters. The Morgan fingerprint density at radius 3 is 2.78 bits per heavy atom. The van der Waals surface area contributed by atoms with Crippen LogP contribution in [-0.2, 0) is 14.4 Å². The summed E-state index contributed by atoms with van der Waals surface area (Å²) in [6, 6.07) is -0.181. The maximum atomic E-state index is 11.8. The van der Waals surface area contributed by atoms with Crippen LogP contribution in [0.2, 0.25) is 0 Å². The molecule has 0 saturated carbocycles. The molecule has 2 unspecified atom stereocenters. The molecule has 0 aliphatic carbocycles. The van der Waals surface area contributed by atoms with Gasteiger partial charge >= 0.3 is 6.18 Å². The monoisotopic (exact) mass is 270 g/mol.